The molecule has 35 heavy (non-hydrogen) atoms. The quantitative estimate of drug-likeness (QED) is 0.474. The molecule has 190 valence electrons. The first kappa shape index (κ1) is 26.2. The van der Waals surface area contributed by atoms with E-state index in [2.05, 4.69) is 5.16 Å². The SMILES string of the molecule is CCOC(=O)C1CCN(C(=O)CCN(CC(C)C)C(=O)c2cc(-c3ccc(OC)cc3)on2)CC1. The Hall–Kier alpha value is -3.36. The van der Waals surface area contributed by atoms with E-state index in [4.69, 9.17) is 14.0 Å². The molecule has 0 unspecified atom stereocenters. The van der Waals surface area contributed by atoms with Gasteiger partial charge in [0.05, 0.1) is 19.6 Å². The van der Waals surface area contributed by atoms with E-state index >= 15 is 0 Å². The summed E-state index contributed by atoms with van der Waals surface area (Å²) >= 11 is 0. The molecule has 0 atom stereocenters. The van der Waals surface area contributed by atoms with Gasteiger partial charge in [-0.15, -0.1) is 0 Å². The lowest BCUT2D eigenvalue weighted by atomic mass is 9.97. The fourth-order valence-corrected chi connectivity index (χ4v) is 4.16. The van der Waals surface area contributed by atoms with Crippen LogP contribution in [-0.2, 0) is 14.3 Å². The van der Waals surface area contributed by atoms with E-state index in [1.54, 1.807) is 29.9 Å². The molecule has 0 bridgehead atoms. The molecule has 9 heteroatoms. The van der Waals surface area contributed by atoms with Crippen molar-refractivity contribution in [1.29, 1.82) is 0 Å². The maximum Gasteiger partial charge on any atom is 0.309 e. The van der Waals surface area contributed by atoms with Gasteiger partial charge in [-0.05, 0) is 49.9 Å². The molecule has 2 amide bonds. The summed E-state index contributed by atoms with van der Waals surface area (Å²) in [4.78, 5) is 41.4. The molecule has 1 aliphatic heterocycles. The van der Waals surface area contributed by atoms with Crippen molar-refractivity contribution in [2.45, 2.75) is 40.0 Å². The minimum atomic E-state index is -0.268. The summed E-state index contributed by atoms with van der Waals surface area (Å²) in [7, 11) is 1.60. The van der Waals surface area contributed by atoms with Crippen molar-refractivity contribution >= 4 is 17.8 Å². The number of aromatic nitrogens is 1. The van der Waals surface area contributed by atoms with Crippen LogP contribution in [-0.4, -0.2) is 72.6 Å². The van der Waals surface area contributed by atoms with Crippen molar-refractivity contribution in [1.82, 2.24) is 15.0 Å². The van der Waals surface area contributed by atoms with Gasteiger partial charge in [0.1, 0.15) is 5.75 Å². The number of amides is 2. The number of esters is 1. The highest BCUT2D eigenvalue weighted by Gasteiger charge is 2.29. The van der Waals surface area contributed by atoms with Crippen LogP contribution in [0.2, 0.25) is 0 Å². The normalized spacial score (nSPS) is 14.1. The molecule has 9 nitrogen and oxygen atoms in total. The summed E-state index contributed by atoms with van der Waals surface area (Å²) < 4.78 is 15.7. The molecule has 1 aromatic heterocycles. The third kappa shape index (κ3) is 7.07. The van der Waals surface area contributed by atoms with Crippen LogP contribution in [0, 0.1) is 11.8 Å². The number of rotatable bonds is 10. The number of carbonyl (C=O) groups excluding carboxylic acids is 3. The summed E-state index contributed by atoms with van der Waals surface area (Å²) in [5, 5.41) is 3.98. The van der Waals surface area contributed by atoms with Gasteiger partial charge >= 0.3 is 5.97 Å². The zero-order valence-corrected chi connectivity index (χ0v) is 21.0. The molecule has 0 aliphatic carbocycles. The average molecular weight is 486 g/mol. The standard InChI is InChI=1S/C26H35N3O6/c1-5-34-26(32)20-10-13-28(14-11-20)24(30)12-15-29(17-18(2)3)25(31)22-16-23(35-27-22)19-6-8-21(33-4)9-7-19/h6-9,16,18,20H,5,10-15,17H2,1-4H3. The van der Waals surface area contributed by atoms with Crippen molar-refractivity contribution in [3.63, 3.8) is 0 Å². The van der Waals surface area contributed by atoms with Gasteiger partial charge in [-0.1, -0.05) is 19.0 Å². The number of benzene rings is 1. The van der Waals surface area contributed by atoms with Crippen LogP contribution in [0.1, 0.15) is 50.5 Å². The molecule has 1 fully saturated rings. The number of hydrogen-bond donors (Lipinski definition) is 0. The van der Waals surface area contributed by atoms with E-state index in [1.807, 2.05) is 38.1 Å². The second kappa shape index (κ2) is 12.4. The Kier molecular flexibility index (Phi) is 9.28. The lowest BCUT2D eigenvalue weighted by Gasteiger charge is -2.32. The van der Waals surface area contributed by atoms with E-state index in [0.29, 0.717) is 51.4 Å². The minimum Gasteiger partial charge on any atom is -0.497 e. The van der Waals surface area contributed by atoms with Crippen molar-refractivity contribution in [2.24, 2.45) is 11.8 Å². The first-order chi connectivity index (χ1) is 16.8. The van der Waals surface area contributed by atoms with Crippen LogP contribution in [0.4, 0.5) is 0 Å². The molecular weight excluding hydrogens is 450 g/mol. The van der Waals surface area contributed by atoms with Crippen molar-refractivity contribution in [3.8, 4) is 17.1 Å². The molecule has 0 spiro atoms. The van der Waals surface area contributed by atoms with Crippen LogP contribution < -0.4 is 4.74 Å². The van der Waals surface area contributed by atoms with Gasteiger partial charge in [-0.3, -0.25) is 14.4 Å². The molecule has 1 aliphatic rings. The monoisotopic (exact) mass is 485 g/mol. The molecule has 1 saturated heterocycles. The van der Waals surface area contributed by atoms with Crippen LogP contribution in [0.3, 0.4) is 0 Å². The van der Waals surface area contributed by atoms with Crippen molar-refractivity contribution in [3.05, 3.63) is 36.0 Å². The number of methoxy groups -OCH3 is 1. The summed E-state index contributed by atoms with van der Waals surface area (Å²) in [6.07, 6.45) is 1.42. The number of nitrogens with zero attached hydrogens (tertiary/aromatic N) is 3. The Morgan fingerprint density at radius 2 is 1.86 bits per heavy atom. The molecular formula is C26H35N3O6. The van der Waals surface area contributed by atoms with Crippen LogP contribution in [0.25, 0.3) is 11.3 Å². The Bertz CT molecular complexity index is 993. The second-order valence-corrected chi connectivity index (χ2v) is 9.11. The zero-order chi connectivity index (χ0) is 25.4. The van der Waals surface area contributed by atoms with Crippen LogP contribution in [0.5, 0.6) is 5.75 Å². The molecule has 0 radical (unpaired) electrons. The Morgan fingerprint density at radius 1 is 1.17 bits per heavy atom. The summed E-state index contributed by atoms with van der Waals surface area (Å²) in [6.45, 7) is 8.04. The maximum atomic E-state index is 13.2. The largest absolute Gasteiger partial charge is 0.497 e. The topological polar surface area (TPSA) is 102 Å². The van der Waals surface area contributed by atoms with Gasteiger partial charge in [0.15, 0.2) is 11.5 Å². The first-order valence-corrected chi connectivity index (χ1v) is 12.2. The molecule has 0 saturated carbocycles. The van der Waals surface area contributed by atoms with Gasteiger partial charge in [-0.2, -0.15) is 0 Å². The zero-order valence-electron chi connectivity index (χ0n) is 21.0. The predicted octanol–water partition coefficient (Wildman–Crippen LogP) is 3.64. The highest BCUT2D eigenvalue weighted by molar-refractivity contribution is 5.93. The van der Waals surface area contributed by atoms with E-state index in [9.17, 15) is 14.4 Å². The summed E-state index contributed by atoms with van der Waals surface area (Å²) in [6, 6.07) is 8.92. The fourth-order valence-electron chi connectivity index (χ4n) is 4.16. The summed E-state index contributed by atoms with van der Waals surface area (Å²) in [5.41, 5.74) is 0.994. The van der Waals surface area contributed by atoms with Gasteiger partial charge in [-0.25, -0.2) is 0 Å². The molecule has 0 N–H and O–H groups in total. The van der Waals surface area contributed by atoms with E-state index in [0.717, 1.165) is 11.3 Å². The van der Waals surface area contributed by atoms with Gasteiger partial charge in [0.25, 0.3) is 5.91 Å². The average Bonchev–Trinajstić information content (AvgIpc) is 3.36. The lowest BCUT2D eigenvalue weighted by Crippen LogP contribution is -2.43. The first-order valence-electron chi connectivity index (χ1n) is 12.2. The minimum absolute atomic E-state index is 0.0204. The van der Waals surface area contributed by atoms with Gasteiger partial charge in [0, 0.05) is 44.2 Å². The smallest absolute Gasteiger partial charge is 0.309 e. The number of ether oxygens (including phenoxy) is 2. The van der Waals surface area contributed by atoms with Gasteiger partial charge < -0.3 is 23.8 Å². The summed E-state index contributed by atoms with van der Waals surface area (Å²) in [5.74, 6) is 0.815. The number of likely N-dealkylation sites (tertiary alicyclic amines) is 1. The Labute approximate surface area is 206 Å². The van der Waals surface area contributed by atoms with E-state index in [1.165, 1.54) is 0 Å². The highest BCUT2D eigenvalue weighted by atomic mass is 16.5. The van der Waals surface area contributed by atoms with E-state index < -0.39 is 0 Å². The number of hydrogen-bond acceptors (Lipinski definition) is 7. The third-order valence-corrected chi connectivity index (χ3v) is 6.04. The molecule has 2 aromatic rings. The molecule has 2 heterocycles. The van der Waals surface area contributed by atoms with Crippen LogP contribution in [0.15, 0.2) is 34.9 Å². The lowest BCUT2D eigenvalue weighted by molar-refractivity contribution is -0.151. The Morgan fingerprint density at radius 3 is 2.46 bits per heavy atom. The third-order valence-electron chi connectivity index (χ3n) is 6.04. The Balaban J connectivity index is 1.59. The molecule has 1 aromatic carbocycles. The van der Waals surface area contributed by atoms with Crippen molar-refractivity contribution < 1.29 is 28.4 Å². The van der Waals surface area contributed by atoms with E-state index in [-0.39, 0.29) is 41.7 Å². The fraction of sp³-hybridized carbons (Fsp3) is 0.538. The van der Waals surface area contributed by atoms with Gasteiger partial charge in [0.2, 0.25) is 5.91 Å². The second-order valence-electron chi connectivity index (χ2n) is 9.11. The molecule has 3 rings (SSSR count). The van der Waals surface area contributed by atoms with Crippen LogP contribution >= 0.6 is 0 Å². The maximum absolute atomic E-state index is 13.2. The highest BCUT2D eigenvalue weighted by Crippen LogP contribution is 2.24. The predicted molar refractivity (Wildman–Crippen MR) is 130 cm³/mol. The number of piperidine rings is 1. The number of carbonyl (C=O) groups is 3. The van der Waals surface area contributed by atoms with Crippen molar-refractivity contribution in [2.75, 3.05) is 39.9 Å².